The number of nitrogens with one attached hydrogen (secondary N) is 1. The van der Waals surface area contributed by atoms with Gasteiger partial charge in [-0.3, -0.25) is 15.0 Å². The minimum atomic E-state index is -1.76. The zero-order valence-corrected chi connectivity index (χ0v) is 22.8. The van der Waals surface area contributed by atoms with Gasteiger partial charge in [0.25, 0.3) is 0 Å². The van der Waals surface area contributed by atoms with E-state index < -0.39 is 48.9 Å². The fourth-order valence-electron chi connectivity index (χ4n) is 3.81. The second kappa shape index (κ2) is 13.8. The molecule has 0 aliphatic heterocycles. The van der Waals surface area contributed by atoms with Crippen molar-refractivity contribution in [1.82, 2.24) is 15.6 Å². The van der Waals surface area contributed by atoms with Crippen LogP contribution in [0.3, 0.4) is 0 Å². The summed E-state index contributed by atoms with van der Waals surface area (Å²) in [4.78, 5) is 36.1. The predicted molar refractivity (Wildman–Crippen MR) is 145 cm³/mol. The Bertz CT molecular complexity index is 1580. The van der Waals surface area contributed by atoms with Crippen LogP contribution in [-0.4, -0.2) is 52.6 Å². The number of halogens is 3. The van der Waals surface area contributed by atoms with Gasteiger partial charge in [0, 0.05) is 35.7 Å². The van der Waals surface area contributed by atoms with Crippen molar-refractivity contribution in [3.63, 3.8) is 0 Å². The Balaban J connectivity index is 1.51. The molecule has 0 bridgehead atoms. The van der Waals surface area contributed by atoms with Gasteiger partial charge in [0.05, 0.1) is 6.54 Å². The van der Waals surface area contributed by atoms with E-state index in [2.05, 4.69) is 15.3 Å². The third kappa shape index (κ3) is 7.97. The third-order valence-corrected chi connectivity index (χ3v) is 6.07. The Morgan fingerprint density at radius 2 is 1.71 bits per heavy atom. The van der Waals surface area contributed by atoms with E-state index in [1.165, 1.54) is 47.5 Å². The molecule has 4 rings (SSSR count). The van der Waals surface area contributed by atoms with Crippen molar-refractivity contribution in [3.8, 4) is 22.4 Å². The highest BCUT2D eigenvalue weighted by Crippen LogP contribution is 2.27. The van der Waals surface area contributed by atoms with Crippen LogP contribution in [0.1, 0.15) is 23.0 Å². The number of aromatic nitrogens is 1. The number of carbonyl (C=O) groups is 3. The number of amides is 1. The van der Waals surface area contributed by atoms with Gasteiger partial charge < -0.3 is 19.1 Å². The van der Waals surface area contributed by atoms with Crippen LogP contribution in [0.5, 0.6) is 0 Å². The van der Waals surface area contributed by atoms with Crippen LogP contribution < -0.4 is 5.43 Å². The van der Waals surface area contributed by atoms with Crippen molar-refractivity contribution in [2.45, 2.75) is 19.6 Å². The summed E-state index contributed by atoms with van der Waals surface area (Å²) in [6, 6.07) is 17.8. The first-order valence-corrected chi connectivity index (χ1v) is 12.8. The largest absolute Gasteiger partial charge is 0.428 e. The average Bonchev–Trinajstić information content (AvgIpc) is 3.45. The Morgan fingerprint density at radius 1 is 1.00 bits per heavy atom. The standard InChI is InChI=1S/C29H24ClF2N3O7/c1-17(36)40-16-41-29(39)26(37)15-35(14-18-6-8-19(9-7-18)22-12-20(30)10-11-24(22)32)33-28(38)27-13-25(34-42-27)21-4-2-3-5-23(21)31/h2-13,26,37H,14-16H2,1H3,(H,33,38)/t26-/m1/s1. The first-order valence-electron chi connectivity index (χ1n) is 12.4. The lowest BCUT2D eigenvalue weighted by Crippen LogP contribution is -2.47. The molecule has 42 heavy (non-hydrogen) atoms. The van der Waals surface area contributed by atoms with Gasteiger partial charge in [0.1, 0.15) is 17.3 Å². The lowest BCUT2D eigenvalue weighted by atomic mass is 10.0. The second-order valence-corrected chi connectivity index (χ2v) is 9.37. The molecular weight excluding hydrogens is 576 g/mol. The lowest BCUT2D eigenvalue weighted by molar-refractivity contribution is -0.173. The molecule has 1 atom stereocenters. The number of esters is 2. The van der Waals surface area contributed by atoms with Crippen molar-refractivity contribution in [1.29, 1.82) is 0 Å². The summed E-state index contributed by atoms with van der Waals surface area (Å²) in [5, 5.41) is 15.7. The van der Waals surface area contributed by atoms with Gasteiger partial charge in [-0.2, -0.15) is 0 Å². The van der Waals surface area contributed by atoms with Gasteiger partial charge in [0.2, 0.25) is 12.6 Å². The molecule has 0 spiro atoms. The van der Waals surface area contributed by atoms with E-state index in [1.807, 2.05) is 0 Å². The summed E-state index contributed by atoms with van der Waals surface area (Å²) in [7, 11) is 0. The number of aliphatic hydroxyl groups excluding tert-OH is 1. The first-order chi connectivity index (χ1) is 20.1. The molecule has 218 valence electrons. The van der Waals surface area contributed by atoms with E-state index in [1.54, 1.807) is 30.3 Å². The maximum absolute atomic E-state index is 14.3. The highest BCUT2D eigenvalue weighted by Gasteiger charge is 2.24. The van der Waals surface area contributed by atoms with Crippen molar-refractivity contribution >= 4 is 29.4 Å². The molecule has 0 saturated heterocycles. The number of benzene rings is 3. The van der Waals surface area contributed by atoms with Crippen LogP contribution in [0.4, 0.5) is 8.78 Å². The molecule has 13 heteroatoms. The fourth-order valence-corrected chi connectivity index (χ4v) is 3.98. The van der Waals surface area contributed by atoms with E-state index in [9.17, 15) is 28.3 Å². The van der Waals surface area contributed by atoms with Gasteiger partial charge in [-0.05, 0) is 41.5 Å². The Hall–Kier alpha value is -4.65. The van der Waals surface area contributed by atoms with E-state index in [0.29, 0.717) is 21.7 Å². The van der Waals surface area contributed by atoms with E-state index >= 15 is 0 Å². The first kappa shape index (κ1) is 30.3. The van der Waals surface area contributed by atoms with E-state index in [0.717, 1.165) is 6.92 Å². The number of aliphatic hydroxyl groups is 1. The van der Waals surface area contributed by atoms with Crippen molar-refractivity contribution in [2.75, 3.05) is 13.3 Å². The van der Waals surface area contributed by atoms with E-state index in [-0.39, 0.29) is 23.6 Å². The third-order valence-electron chi connectivity index (χ3n) is 5.84. The molecule has 0 aliphatic carbocycles. The molecule has 1 aromatic heterocycles. The predicted octanol–water partition coefficient (Wildman–Crippen LogP) is 4.51. The summed E-state index contributed by atoms with van der Waals surface area (Å²) >= 11 is 6.00. The zero-order valence-electron chi connectivity index (χ0n) is 22.1. The van der Waals surface area contributed by atoms with Crippen molar-refractivity contribution in [2.24, 2.45) is 0 Å². The lowest BCUT2D eigenvalue weighted by Gasteiger charge is -2.24. The van der Waals surface area contributed by atoms with Gasteiger partial charge >= 0.3 is 17.8 Å². The Morgan fingerprint density at radius 3 is 2.43 bits per heavy atom. The SMILES string of the molecule is CC(=O)OCOC(=O)[C@H](O)CN(Cc1ccc(-c2cc(Cl)ccc2F)cc1)NC(=O)c1cc(-c2ccccc2F)no1. The van der Waals surface area contributed by atoms with Gasteiger partial charge in [-0.15, -0.1) is 0 Å². The van der Waals surface area contributed by atoms with Crippen LogP contribution >= 0.6 is 11.6 Å². The molecule has 1 amide bonds. The summed E-state index contributed by atoms with van der Waals surface area (Å²) in [5.74, 6) is -3.88. The normalized spacial score (nSPS) is 11.7. The van der Waals surface area contributed by atoms with Crippen LogP contribution in [-0.2, 0) is 25.6 Å². The number of hydrazine groups is 1. The van der Waals surface area contributed by atoms with Crippen molar-refractivity contribution in [3.05, 3.63) is 101 Å². The number of ether oxygens (including phenoxy) is 2. The molecule has 0 aliphatic rings. The molecule has 0 fully saturated rings. The average molecular weight is 600 g/mol. The quantitative estimate of drug-likeness (QED) is 0.145. The molecule has 0 saturated carbocycles. The summed E-state index contributed by atoms with van der Waals surface area (Å²) in [6.07, 6.45) is -1.76. The van der Waals surface area contributed by atoms with Gasteiger partial charge in [0.15, 0.2) is 6.10 Å². The summed E-state index contributed by atoms with van der Waals surface area (Å²) in [6.45, 7) is -0.0685. The minimum Gasteiger partial charge on any atom is -0.428 e. The van der Waals surface area contributed by atoms with Crippen LogP contribution in [0.2, 0.25) is 5.02 Å². The highest BCUT2D eigenvalue weighted by molar-refractivity contribution is 6.30. The Kier molecular flexibility index (Phi) is 9.97. The fraction of sp³-hybridized carbons (Fsp3) is 0.172. The van der Waals surface area contributed by atoms with Crippen LogP contribution in [0.25, 0.3) is 22.4 Å². The van der Waals surface area contributed by atoms with Crippen molar-refractivity contribution < 1.29 is 42.3 Å². The minimum absolute atomic E-state index is 0.0351. The number of carbonyl (C=O) groups excluding carboxylic acids is 3. The molecule has 4 aromatic rings. The summed E-state index contributed by atoms with van der Waals surface area (Å²) < 4.78 is 42.8. The van der Waals surface area contributed by atoms with Crippen LogP contribution in [0, 0.1) is 11.6 Å². The topological polar surface area (TPSA) is 131 Å². The number of rotatable bonds is 11. The molecule has 0 radical (unpaired) electrons. The second-order valence-electron chi connectivity index (χ2n) is 8.93. The monoisotopic (exact) mass is 599 g/mol. The molecule has 3 aromatic carbocycles. The molecule has 2 N–H and O–H groups in total. The highest BCUT2D eigenvalue weighted by atomic mass is 35.5. The number of hydrogen-bond donors (Lipinski definition) is 2. The van der Waals surface area contributed by atoms with E-state index in [4.69, 9.17) is 20.9 Å². The Labute approximate surface area is 243 Å². The maximum Gasteiger partial charge on any atom is 0.339 e. The molecular formula is C29H24ClF2N3O7. The van der Waals surface area contributed by atoms with Gasteiger partial charge in [-0.25, -0.2) is 18.6 Å². The smallest absolute Gasteiger partial charge is 0.339 e. The maximum atomic E-state index is 14.3. The summed E-state index contributed by atoms with van der Waals surface area (Å²) in [5.41, 5.74) is 4.17. The molecule has 1 heterocycles. The zero-order chi connectivity index (χ0) is 30.2. The molecule has 0 unspecified atom stereocenters. The number of hydrogen-bond acceptors (Lipinski definition) is 9. The van der Waals surface area contributed by atoms with Crippen LogP contribution in [0.15, 0.2) is 77.3 Å². The van der Waals surface area contributed by atoms with Gasteiger partial charge in [-0.1, -0.05) is 53.2 Å². The molecule has 10 nitrogen and oxygen atoms in total. The number of nitrogens with zero attached hydrogens (tertiary/aromatic N) is 2.